The van der Waals surface area contributed by atoms with E-state index in [1.54, 1.807) is 10.7 Å². The van der Waals surface area contributed by atoms with Gasteiger partial charge in [0.25, 0.3) is 11.7 Å². The number of carbonyl (C=O) groups is 1. The molecule has 0 saturated heterocycles. The number of nitrogens with one attached hydrogen (secondary N) is 1. The van der Waals surface area contributed by atoms with Crippen molar-refractivity contribution in [2.24, 2.45) is 0 Å². The van der Waals surface area contributed by atoms with Gasteiger partial charge in [0.2, 0.25) is 5.91 Å². The van der Waals surface area contributed by atoms with Crippen LogP contribution in [-0.2, 0) is 4.79 Å². The fourth-order valence-corrected chi connectivity index (χ4v) is 1.12. The molecule has 0 atom stereocenters. The first-order chi connectivity index (χ1) is 6.66. The van der Waals surface area contributed by atoms with Crippen molar-refractivity contribution in [2.45, 2.75) is 13.8 Å². The van der Waals surface area contributed by atoms with Crippen molar-refractivity contribution >= 4 is 17.6 Å². The molecule has 0 aromatic carbocycles. The predicted molar refractivity (Wildman–Crippen MR) is 49.8 cm³/mol. The smallest absolute Gasteiger partial charge is 0.254 e. The molecular weight excluding hydrogens is 182 g/mol. The Morgan fingerprint density at radius 2 is 2.36 bits per heavy atom. The summed E-state index contributed by atoms with van der Waals surface area (Å²) in [5.74, 6) is 0.562. The molecule has 0 radical (unpaired) electrons. The van der Waals surface area contributed by atoms with Crippen LogP contribution in [0, 0.1) is 6.92 Å². The number of aromatic nitrogens is 4. The number of aryl methyl sites for hydroxylation is 1. The lowest BCUT2D eigenvalue weighted by atomic mass is 10.5. The third-order valence-corrected chi connectivity index (χ3v) is 1.72. The van der Waals surface area contributed by atoms with Crippen molar-refractivity contribution in [1.29, 1.82) is 0 Å². The molecule has 0 unspecified atom stereocenters. The molecule has 2 aromatic heterocycles. The Hall–Kier alpha value is -1.98. The standard InChI is InChI=1S/C8H9N5O/c1-5-3-4-9-8-11-7(10-6(2)14)12-13(5)8/h3-4H,1-2H3,(H,10,12,14). The van der Waals surface area contributed by atoms with E-state index in [4.69, 9.17) is 0 Å². The highest BCUT2D eigenvalue weighted by Crippen LogP contribution is 2.04. The SMILES string of the molecule is CC(=O)Nc1nc2nccc(C)n2n1. The van der Waals surface area contributed by atoms with E-state index >= 15 is 0 Å². The van der Waals surface area contributed by atoms with Gasteiger partial charge in [-0.3, -0.25) is 10.1 Å². The van der Waals surface area contributed by atoms with Crippen LogP contribution in [0.15, 0.2) is 12.3 Å². The second kappa shape index (κ2) is 3.06. The van der Waals surface area contributed by atoms with Crippen LogP contribution < -0.4 is 5.32 Å². The Bertz CT molecular complexity index is 489. The third kappa shape index (κ3) is 1.41. The number of carbonyl (C=O) groups excluding carboxylic acids is 1. The summed E-state index contributed by atoms with van der Waals surface area (Å²) in [6.45, 7) is 3.30. The molecule has 14 heavy (non-hydrogen) atoms. The molecule has 0 aliphatic heterocycles. The molecule has 1 amide bonds. The molecule has 6 nitrogen and oxygen atoms in total. The highest BCUT2D eigenvalue weighted by atomic mass is 16.1. The molecule has 2 rings (SSSR count). The average molecular weight is 191 g/mol. The van der Waals surface area contributed by atoms with E-state index in [0.717, 1.165) is 5.69 Å². The molecule has 72 valence electrons. The number of fused-ring (bicyclic) bond motifs is 1. The zero-order chi connectivity index (χ0) is 10.1. The quantitative estimate of drug-likeness (QED) is 0.707. The summed E-state index contributed by atoms with van der Waals surface area (Å²) in [6, 6.07) is 1.82. The van der Waals surface area contributed by atoms with Crippen molar-refractivity contribution in [3.8, 4) is 0 Å². The van der Waals surface area contributed by atoms with Gasteiger partial charge in [0, 0.05) is 18.8 Å². The van der Waals surface area contributed by atoms with Crippen molar-refractivity contribution in [3.05, 3.63) is 18.0 Å². The maximum absolute atomic E-state index is 10.8. The molecule has 2 heterocycles. The molecule has 0 spiro atoms. The summed E-state index contributed by atoms with van der Waals surface area (Å²) in [5.41, 5.74) is 0.916. The number of amides is 1. The normalized spacial score (nSPS) is 10.4. The summed E-state index contributed by atoms with van der Waals surface area (Å²) in [5, 5.41) is 6.56. The van der Waals surface area contributed by atoms with Crippen molar-refractivity contribution < 1.29 is 4.79 Å². The fourth-order valence-electron chi connectivity index (χ4n) is 1.12. The molecule has 0 bridgehead atoms. The minimum Gasteiger partial charge on any atom is -0.293 e. The molecule has 1 N–H and O–H groups in total. The van der Waals surface area contributed by atoms with Gasteiger partial charge in [-0.1, -0.05) is 0 Å². The van der Waals surface area contributed by atoms with E-state index in [1.165, 1.54) is 6.92 Å². The van der Waals surface area contributed by atoms with E-state index in [0.29, 0.717) is 5.78 Å². The van der Waals surface area contributed by atoms with Gasteiger partial charge in [0.05, 0.1) is 0 Å². The average Bonchev–Trinajstić information content (AvgIpc) is 2.47. The van der Waals surface area contributed by atoms with E-state index in [-0.39, 0.29) is 11.9 Å². The lowest BCUT2D eigenvalue weighted by Gasteiger charge is -1.93. The largest absolute Gasteiger partial charge is 0.293 e. The Balaban J connectivity index is 2.51. The monoisotopic (exact) mass is 191 g/mol. The molecule has 0 saturated carbocycles. The Kier molecular flexibility index (Phi) is 1.88. The number of hydrogen-bond acceptors (Lipinski definition) is 4. The van der Waals surface area contributed by atoms with Crippen LogP contribution in [-0.4, -0.2) is 25.5 Å². The van der Waals surface area contributed by atoms with Crippen molar-refractivity contribution in [1.82, 2.24) is 19.6 Å². The summed E-state index contributed by atoms with van der Waals surface area (Å²) >= 11 is 0. The van der Waals surface area contributed by atoms with Crippen LogP contribution in [0.2, 0.25) is 0 Å². The van der Waals surface area contributed by atoms with Crippen molar-refractivity contribution in [3.63, 3.8) is 0 Å². The molecule has 6 heteroatoms. The van der Waals surface area contributed by atoms with E-state index < -0.39 is 0 Å². The van der Waals surface area contributed by atoms with Crippen LogP contribution in [0.4, 0.5) is 5.95 Å². The highest BCUT2D eigenvalue weighted by molar-refractivity contribution is 5.86. The highest BCUT2D eigenvalue weighted by Gasteiger charge is 2.06. The first kappa shape index (κ1) is 8.61. The lowest BCUT2D eigenvalue weighted by Crippen LogP contribution is -2.07. The van der Waals surface area contributed by atoms with Gasteiger partial charge < -0.3 is 0 Å². The summed E-state index contributed by atoms with van der Waals surface area (Å²) in [7, 11) is 0. The maximum Gasteiger partial charge on any atom is 0.254 e. The van der Waals surface area contributed by atoms with Gasteiger partial charge >= 0.3 is 0 Å². The number of hydrogen-bond donors (Lipinski definition) is 1. The fraction of sp³-hybridized carbons (Fsp3) is 0.250. The predicted octanol–water partition coefficient (Wildman–Crippen LogP) is 0.391. The maximum atomic E-state index is 10.8. The molecule has 0 aliphatic rings. The van der Waals surface area contributed by atoms with Gasteiger partial charge in [0.15, 0.2) is 0 Å². The van der Waals surface area contributed by atoms with Crippen LogP contribution in [0.5, 0.6) is 0 Å². The molecule has 0 fully saturated rings. The lowest BCUT2D eigenvalue weighted by molar-refractivity contribution is -0.114. The van der Waals surface area contributed by atoms with Crippen LogP contribution in [0.3, 0.4) is 0 Å². The van der Waals surface area contributed by atoms with Crippen LogP contribution in [0.25, 0.3) is 5.78 Å². The van der Waals surface area contributed by atoms with Crippen LogP contribution in [0.1, 0.15) is 12.6 Å². The number of rotatable bonds is 1. The molecule has 0 aliphatic carbocycles. The van der Waals surface area contributed by atoms with Gasteiger partial charge in [0.1, 0.15) is 0 Å². The molecule has 2 aromatic rings. The number of anilines is 1. The Morgan fingerprint density at radius 1 is 1.57 bits per heavy atom. The zero-order valence-electron chi connectivity index (χ0n) is 7.85. The first-order valence-corrected chi connectivity index (χ1v) is 4.13. The minimum atomic E-state index is -0.196. The summed E-state index contributed by atoms with van der Waals surface area (Å²) < 4.78 is 1.57. The van der Waals surface area contributed by atoms with Gasteiger partial charge in [-0.15, -0.1) is 5.10 Å². The first-order valence-electron chi connectivity index (χ1n) is 4.13. The number of nitrogens with zero attached hydrogens (tertiary/aromatic N) is 4. The third-order valence-electron chi connectivity index (χ3n) is 1.72. The van der Waals surface area contributed by atoms with E-state index in [9.17, 15) is 4.79 Å². The van der Waals surface area contributed by atoms with E-state index in [2.05, 4.69) is 20.4 Å². The van der Waals surface area contributed by atoms with Crippen molar-refractivity contribution in [2.75, 3.05) is 5.32 Å². The molecular formula is C8H9N5O. The second-order valence-electron chi connectivity index (χ2n) is 2.91. The Morgan fingerprint density at radius 3 is 3.00 bits per heavy atom. The van der Waals surface area contributed by atoms with E-state index in [1.807, 2.05) is 13.0 Å². The topological polar surface area (TPSA) is 72.2 Å². The Labute approximate surface area is 80.0 Å². The minimum absolute atomic E-state index is 0.196. The van der Waals surface area contributed by atoms with Gasteiger partial charge in [-0.2, -0.15) is 9.50 Å². The van der Waals surface area contributed by atoms with Gasteiger partial charge in [-0.05, 0) is 13.0 Å². The summed E-state index contributed by atoms with van der Waals surface area (Å²) in [4.78, 5) is 18.8. The van der Waals surface area contributed by atoms with Crippen LogP contribution >= 0.6 is 0 Å². The van der Waals surface area contributed by atoms with Gasteiger partial charge in [-0.25, -0.2) is 4.98 Å². The summed E-state index contributed by atoms with van der Waals surface area (Å²) in [6.07, 6.45) is 1.65. The second-order valence-corrected chi connectivity index (χ2v) is 2.91. The zero-order valence-corrected chi connectivity index (χ0v) is 7.85.